The van der Waals surface area contributed by atoms with E-state index >= 15 is 0 Å². The number of halogens is 2. The summed E-state index contributed by atoms with van der Waals surface area (Å²) >= 11 is 0. The third-order valence-electron chi connectivity index (χ3n) is 3.45. The van der Waals surface area contributed by atoms with E-state index in [1.807, 2.05) is 0 Å². The van der Waals surface area contributed by atoms with Crippen LogP contribution in [-0.4, -0.2) is 12.6 Å². The van der Waals surface area contributed by atoms with Crippen molar-refractivity contribution in [2.24, 2.45) is 0 Å². The molecule has 0 heterocycles. The van der Waals surface area contributed by atoms with E-state index in [0.29, 0.717) is 12.4 Å². The second-order valence-corrected chi connectivity index (χ2v) is 5.34. The minimum Gasteiger partial charge on any atom is -0.493 e. The predicted molar refractivity (Wildman–Crippen MR) is 87.5 cm³/mol. The van der Waals surface area contributed by atoms with Gasteiger partial charge in [0.1, 0.15) is 29.2 Å². The molecule has 0 saturated heterocycles. The molecule has 0 aliphatic rings. The lowest BCUT2D eigenvalue weighted by molar-refractivity contribution is 0.0729. The predicted octanol–water partition coefficient (Wildman–Crippen LogP) is 4.62. The van der Waals surface area contributed by atoms with Crippen LogP contribution in [0.2, 0.25) is 0 Å². The molecular formula is C19H17F2NO3. The SMILES string of the molecule is CCCCCOc1ccc(C(=O)Oc2ccc(C#N)c(F)c2)c(F)c1. The molecule has 25 heavy (non-hydrogen) atoms. The molecule has 0 N–H and O–H groups in total. The average Bonchev–Trinajstić information content (AvgIpc) is 2.59. The first kappa shape index (κ1) is 18.4. The van der Waals surface area contributed by atoms with Crippen LogP contribution < -0.4 is 9.47 Å². The maximum Gasteiger partial charge on any atom is 0.346 e. The number of ether oxygens (including phenoxy) is 2. The number of rotatable bonds is 7. The lowest BCUT2D eigenvalue weighted by atomic mass is 10.2. The van der Waals surface area contributed by atoms with E-state index in [1.165, 1.54) is 24.3 Å². The Balaban J connectivity index is 2.04. The zero-order chi connectivity index (χ0) is 18.2. The summed E-state index contributed by atoms with van der Waals surface area (Å²) in [6.07, 6.45) is 2.94. The second-order valence-electron chi connectivity index (χ2n) is 5.34. The molecule has 2 aromatic rings. The Morgan fingerprint density at radius 2 is 1.80 bits per heavy atom. The fraction of sp³-hybridized carbons (Fsp3) is 0.263. The van der Waals surface area contributed by atoms with Gasteiger partial charge in [0.25, 0.3) is 0 Å². The molecule has 130 valence electrons. The van der Waals surface area contributed by atoms with Gasteiger partial charge in [0, 0.05) is 12.1 Å². The fourth-order valence-electron chi connectivity index (χ4n) is 2.11. The molecule has 0 unspecified atom stereocenters. The van der Waals surface area contributed by atoms with E-state index in [-0.39, 0.29) is 16.9 Å². The topological polar surface area (TPSA) is 59.3 Å². The van der Waals surface area contributed by atoms with Crippen molar-refractivity contribution in [2.75, 3.05) is 6.61 Å². The molecule has 0 radical (unpaired) electrons. The normalized spacial score (nSPS) is 10.2. The lowest BCUT2D eigenvalue weighted by Gasteiger charge is -2.09. The van der Waals surface area contributed by atoms with Crippen molar-refractivity contribution in [3.63, 3.8) is 0 Å². The lowest BCUT2D eigenvalue weighted by Crippen LogP contribution is -2.11. The summed E-state index contributed by atoms with van der Waals surface area (Å²) in [4.78, 5) is 12.0. The van der Waals surface area contributed by atoms with E-state index < -0.39 is 17.6 Å². The Bertz CT molecular complexity index is 800. The molecule has 0 aliphatic heterocycles. The van der Waals surface area contributed by atoms with Gasteiger partial charge in [-0.15, -0.1) is 0 Å². The Morgan fingerprint density at radius 3 is 2.44 bits per heavy atom. The molecule has 0 bridgehead atoms. The molecule has 4 nitrogen and oxygen atoms in total. The zero-order valence-corrected chi connectivity index (χ0v) is 13.7. The summed E-state index contributed by atoms with van der Waals surface area (Å²) in [7, 11) is 0. The monoisotopic (exact) mass is 345 g/mol. The highest BCUT2D eigenvalue weighted by molar-refractivity contribution is 5.91. The first-order chi connectivity index (χ1) is 12.0. The van der Waals surface area contributed by atoms with Gasteiger partial charge in [0.05, 0.1) is 17.7 Å². The summed E-state index contributed by atoms with van der Waals surface area (Å²) in [6, 6.07) is 8.86. The van der Waals surface area contributed by atoms with Gasteiger partial charge in [-0.2, -0.15) is 5.26 Å². The molecule has 0 saturated carbocycles. The highest BCUT2D eigenvalue weighted by Crippen LogP contribution is 2.21. The van der Waals surface area contributed by atoms with E-state index in [9.17, 15) is 13.6 Å². The number of nitrogens with zero attached hydrogens (tertiary/aromatic N) is 1. The van der Waals surface area contributed by atoms with Gasteiger partial charge in [0.2, 0.25) is 0 Å². The van der Waals surface area contributed by atoms with E-state index in [4.69, 9.17) is 14.7 Å². The van der Waals surface area contributed by atoms with Crippen LogP contribution in [0.4, 0.5) is 8.78 Å². The standard InChI is InChI=1S/C19H17F2NO3/c1-2-3-4-9-24-14-7-8-16(18(21)10-14)19(23)25-15-6-5-13(12-22)17(20)11-15/h5-8,10-11H,2-4,9H2,1H3. The molecular weight excluding hydrogens is 328 g/mol. The fourth-order valence-corrected chi connectivity index (χ4v) is 2.11. The molecule has 2 rings (SSSR count). The number of hydrogen-bond acceptors (Lipinski definition) is 4. The number of unbranched alkanes of at least 4 members (excludes halogenated alkanes) is 2. The van der Waals surface area contributed by atoms with E-state index in [0.717, 1.165) is 31.4 Å². The molecule has 0 amide bonds. The van der Waals surface area contributed by atoms with Crippen molar-refractivity contribution < 1.29 is 23.0 Å². The minimum absolute atomic E-state index is 0.110. The first-order valence-electron chi connectivity index (χ1n) is 7.89. The number of carbonyl (C=O) groups excluding carboxylic acids is 1. The van der Waals surface area contributed by atoms with Gasteiger partial charge in [-0.1, -0.05) is 19.8 Å². The maximum atomic E-state index is 14.1. The van der Waals surface area contributed by atoms with Crippen LogP contribution in [0.25, 0.3) is 0 Å². The van der Waals surface area contributed by atoms with Crippen LogP contribution in [0.1, 0.15) is 42.1 Å². The number of hydrogen-bond donors (Lipinski definition) is 0. The Hall–Kier alpha value is -2.94. The third kappa shape index (κ3) is 5.01. The molecule has 0 spiro atoms. The van der Waals surface area contributed by atoms with Crippen molar-refractivity contribution in [2.45, 2.75) is 26.2 Å². The maximum absolute atomic E-state index is 14.1. The Kier molecular flexibility index (Phi) is 6.47. The van der Waals surface area contributed by atoms with Crippen molar-refractivity contribution >= 4 is 5.97 Å². The van der Waals surface area contributed by atoms with Gasteiger partial charge in [0.15, 0.2) is 0 Å². The number of benzene rings is 2. The smallest absolute Gasteiger partial charge is 0.346 e. The Labute approximate surface area is 144 Å². The first-order valence-corrected chi connectivity index (χ1v) is 7.89. The summed E-state index contributed by atoms with van der Waals surface area (Å²) < 4.78 is 37.9. The third-order valence-corrected chi connectivity index (χ3v) is 3.45. The van der Waals surface area contributed by atoms with Gasteiger partial charge in [-0.3, -0.25) is 0 Å². The van der Waals surface area contributed by atoms with Crippen molar-refractivity contribution in [3.8, 4) is 17.6 Å². The van der Waals surface area contributed by atoms with Crippen molar-refractivity contribution in [1.82, 2.24) is 0 Å². The number of carbonyl (C=O) groups is 1. The molecule has 0 aromatic heterocycles. The molecule has 6 heteroatoms. The molecule has 0 atom stereocenters. The summed E-state index contributed by atoms with van der Waals surface area (Å²) in [6.45, 7) is 2.54. The van der Waals surface area contributed by atoms with Gasteiger partial charge in [-0.25, -0.2) is 13.6 Å². The van der Waals surface area contributed by atoms with Gasteiger partial charge in [-0.05, 0) is 30.7 Å². The number of esters is 1. The minimum atomic E-state index is -0.959. The number of nitriles is 1. The van der Waals surface area contributed by atoms with E-state index in [1.54, 1.807) is 6.07 Å². The van der Waals surface area contributed by atoms with Gasteiger partial charge >= 0.3 is 5.97 Å². The Morgan fingerprint density at radius 1 is 1.08 bits per heavy atom. The summed E-state index contributed by atoms with van der Waals surface area (Å²) in [5.41, 5.74) is -0.457. The highest BCUT2D eigenvalue weighted by Gasteiger charge is 2.16. The van der Waals surface area contributed by atoms with Crippen LogP contribution in [0.15, 0.2) is 36.4 Å². The van der Waals surface area contributed by atoms with Crippen LogP contribution in [0, 0.1) is 23.0 Å². The molecule has 0 aliphatic carbocycles. The molecule has 2 aromatic carbocycles. The van der Waals surface area contributed by atoms with Crippen LogP contribution in [0.3, 0.4) is 0 Å². The quantitative estimate of drug-likeness (QED) is 0.417. The highest BCUT2D eigenvalue weighted by atomic mass is 19.1. The van der Waals surface area contributed by atoms with E-state index in [2.05, 4.69) is 6.92 Å². The van der Waals surface area contributed by atoms with Crippen LogP contribution in [0.5, 0.6) is 11.5 Å². The van der Waals surface area contributed by atoms with Crippen molar-refractivity contribution in [3.05, 3.63) is 59.2 Å². The largest absolute Gasteiger partial charge is 0.493 e. The van der Waals surface area contributed by atoms with Crippen LogP contribution in [-0.2, 0) is 0 Å². The zero-order valence-electron chi connectivity index (χ0n) is 13.7. The van der Waals surface area contributed by atoms with Gasteiger partial charge < -0.3 is 9.47 Å². The molecule has 0 fully saturated rings. The second kappa shape index (κ2) is 8.78. The average molecular weight is 345 g/mol. The van der Waals surface area contributed by atoms with Crippen LogP contribution >= 0.6 is 0 Å². The summed E-state index contributed by atoms with van der Waals surface area (Å²) in [5.74, 6) is -2.34. The summed E-state index contributed by atoms with van der Waals surface area (Å²) in [5, 5.41) is 8.66. The van der Waals surface area contributed by atoms with Crippen molar-refractivity contribution in [1.29, 1.82) is 5.26 Å².